The molecule has 6 heteroatoms. The average Bonchev–Trinajstić information content (AvgIpc) is 2.23. The fourth-order valence-electron chi connectivity index (χ4n) is 1.08. The van der Waals surface area contributed by atoms with Gasteiger partial charge < -0.3 is 20.9 Å². The molecule has 0 aromatic rings. The Balaban J connectivity index is 0. The van der Waals surface area contributed by atoms with E-state index in [9.17, 15) is 9.59 Å². The molecule has 0 saturated carbocycles. The number of amides is 1. The minimum absolute atomic E-state index is 0.187. The molecule has 0 fully saturated rings. The Morgan fingerprint density at radius 3 is 2.17 bits per heavy atom. The molecule has 0 spiro atoms. The van der Waals surface area contributed by atoms with Crippen LogP contribution in [0.4, 0.5) is 4.79 Å². The predicted molar refractivity (Wildman–Crippen MR) is 70.5 cm³/mol. The van der Waals surface area contributed by atoms with Crippen molar-refractivity contribution >= 4 is 12.1 Å². The van der Waals surface area contributed by atoms with E-state index >= 15 is 0 Å². The molecule has 0 aromatic carbocycles. The van der Waals surface area contributed by atoms with Crippen LogP contribution in [-0.2, 0) is 9.53 Å². The van der Waals surface area contributed by atoms with Crippen molar-refractivity contribution in [1.29, 1.82) is 0 Å². The van der Waals surface area contributed by atoms with E-state index in [-0.39, 0.29) is 6.42 Å². The van der Waals surface area contributed by atoms with Gasteiger partial charge in [0.05, 0.1) is 0 Å². The van der Waals surface area contributed by atoms with Crippen LogP contribution in [0, 0.1) is 0 Å². The SMILES string of the molecule is CC(C)(C)OC(=O)NCCCCCC(=O)O.CN. The van der Waals surface area contributed by atoms with E-state index in [1.807, 2.05) is 0 Å². The van der Waals surface area contributed by atoms with Crippen LogP contribution in [0.25, 0.3) is 0 Å². The van der Waals surface area contributed by atoms with Gasteiger partial charge >= 0.3 is 12.1 Å². The Morgan fingerprint density at radius 2 is 1.72 bits per heavy atom. The summed E-state index contributed by atoms with van der Waals surface area (Å²) in [6.07, 6.45) is 1.97. The highest BCUT2D eigenvalue weighted by Gasteiger charge is 2.15. The van der Waals surface area contributed by atoms with Crippen LogP contribution in [-0.4, -0.2) is 36.4 Å². The average molecular weight is 262 g/mol. The van der Waals surface area contributed by atoms with Crippen LogP contribution < -0.4 is 11.1 Å². The molecule has 0 aliphatic rings. The number of ether oxygens (including phenoxy) is 1. The van der Waals surface area contributed by atoms with Crippen molar-refractivity contribution in [2.75, 3.05) is 13.6 Å². The number of carbonyl (C=O) groups excluding carboxylic acids is 1. The number of carbonyl (C=O) groups is 2. The smallest absolute Gasteiger partial charge is 0.407 e. The van der Waals surface area contributed by atoms with Crippen molar-refractivity contribution in [3.8, 4) is 0 Å². The van der Waals surface area contributed by atoms with E-state index in [0.717, 1.165) is 12.8 Å². The maximum absolute atomic E-state index is 11.2. The second-order valence-electron chi connectivity index (χ2n) is 4.63. The Morgan fingerprint density at radius 1 is 1.17 bits per heavy atom. The number of alkyl carbamates (subject to hydrolysis) is 1. The number of hydrogen-bond donors (Lipinski definition) is 3. The summed E-state index contributed by atoms with van der Waals surface area (Å²) in [4.78, 5) is 21.4. The van der Waals surface area contributed by atoms with Crippen molar-refractivity contribution in [1.82, 2.24) is 5.32 Å². The second kappa shape index (κ2) is 10.8. The molecular formula is C12H26N2O4. The molecular weight excluding hydrogens is 236 g/mol. The van der Waals surface area contributed by atoms with Crippen LogP contribution in [0.2, 0.25) is 0 Å². The molecule has 0 aliphatic carbocycles. The van der Waals surface area contributed by atoms with E-state index < -0.39 is 17.7 Å². The van der Waals surface area contributed by atoms with Gasteiger partial charge in [-0.25, -0.2) is 4.79 Å². The quantitative estimate of drug-likeness (QED) is 0.633. The lowest BCUT2D eigenvalue weighted by atomic mass is 10.2. The molecule has 0 unspecified atom stereocenters. The van der Waals surface area contributed by atoms with Gasteiger partial charge in [0.25, 0.3) is 0 Å². The van der Waals surface area contributed by atoms with Crippen LogP contribution in [0.15, 0.2) is 0 Å². The highest BCUT2D eigenvalue weighted by Crippen LogP contribution is 2.06. The summed E-state index contributed by atoms with van der Waals surface area (Å²) in [6.45, 7) is 5.94. The van der Waals surface area contributed by atoms with Crippen molar-refractivity contribution in [3.05, 3.63) is 0 Å². The predicted octanol–water partition coefficient (Wildman–Crippen LogP) is 1.73. The fourth-order valence-corrected chi connectivity index (χ4v) is 1.08. The first-order valence-electron chi connectivity index (χ1n) is 6.07. The molecule has 6 nitrogen and oxygen atoms in total. The number of rotatable bonds is 6. The summed E-state index contributed by atoms with van der Waals surface area (Å²) in [5.74, 6) is -0.778. The van der Waals surface area contributed by atoms with Crippen molar-refractivity contribution in [2.45, 2.75) is 52.1 Å². The molecule has 18 heavy (non-hydrogen) atoms. The minimum Gasteiger partial charge on any atom is -0.481 e. The van der Waals surface area contributed by atoms with E-state index in [1.165, 1.54) is 7.05 Å². The summed E-state index contributed by atoms with van der Waals surface area (Å²) in [7, 11) is 1.50. The van der Waals surface area contributed by atoms with E-state index in [1.54, 1.807) is 20.8 Å². The first-order chi connectivity index (χ1) is 8.31. The van der Waals surface area contributed by atoms with Gasteiger partial charge in [-0.3, -0.25) is 4.79 Å². The second-order valence-corrected chi connectivity index (χ2v) is 4.63. The molecule has 108 valence electrons. The largest absolute Gasteiger partial charge is 0.481 e. The van der Waals surface area contributed by atoms with Crippen LogP contribution in [0.5, 0.6) is 0 Å². The third kappa shape index (κ3) is 17.1. The number of nitrogens with two attached hydrogens (primary N) is 1. The highest BCUT2D eigenvalue weighted by molar-refractivity contribution is 5.67. The molecule has 0 saturated heterocycles. The van der Waals surface area contributed by atoms with Crippen molar-refractivity contribution in [3.63, 3.8) is 0 Å². The van der Waals surface area contributed by atoms with Crippen LogP contribution in [0.1, 0.15) is 46.5 Å². The van der Waals surface area contributed by atoms with Crippen molar-refractivity contribution in [2.24, 2.45) is 5.73 Å². The van der Waals surface area contributed by atoms with Gasteiger partial charge in [-0.15, -0.1) is 0 Å². The standard InChI is InChI=1S/C11H21NO4.CH5N/c1-11(2,3)16-10(15)12-8-6-4-5-7-9(13)14;1-2/h4-8H2,1-3H3,(H,12,15)(H,13,14);2H2,1H3. The number of hydrogen-bond acceptors (Lipinski definition) is 4. The molecule has 1 amide bonds. The van der Waals surface area contributed by atoms with E-state index in [4.69, 9.17) is 9.84 Å². The molecule has 0 aliphatic heterocycles. The van der Waals surface area contributed by atoms with Gasteiger partial charge in [0.1, 0.15) is 5.60 Å². The Hall–Kier alpha value is -1.30. The van der Waals surface area contributed by atoms with Crippen LogP contribution >= 0.6 is 0 Å². The maximum atomic E-state index is 11.2. The number of unbranched alkanes of at least 4 members (excludes halogenated alkanes) is 2. The molecule has 0 radical (unpaired) electrons. The highest BCUT2D eigenvalue weighted by atomic mass is 16.6. The summed E-state index contributed by atoms with van der Waals surface area (Å²) in [6, 6.07) is 0. The third-order valence-corrected chi connectivity index (χ3v) is 1.74. The lowest BCUT2D eigenvalue weighted by Crippen LogP contribution is -2.32. The maximum Gasteiger partial charge on any atom is 0.407 e. The van der Waals surface area contributed by atoms with Crippen molar-refractivity contribution < 1.29 is 19.4 Å². The van der Waals surface area contributed by atoms with E-state index in [2.05, 4.69) is 11.1 Å². The fraction of sp³-hybridized carbons (Fsp3) is 0.833. The summed E-state index contributed by atoms with van der Waals surface area (Å²) in [5.41, 5.74) is 4.02. The monoisotopic (exact) mass is 262 g/mol. The molecule has 0 atom stereocenters. The summed E-state index contributed by atoms with van der Waals surface area (Å²) in [5, 5.41) is 11.0. The van der Waals surface area contributed by atoms with E-state index in [0.29, 0.717) is 13.0 Å². The Bertz CT molecular complexity index is 237. The molecule has 0 bridgehead atoms. The zero-order valence-corrected chi connectivity index (χ0v) is 11.8. The first-order valence-corrected chi connectivity index (χ1v) is 6.07. The topological polar surface area (TPSA) is 102 Å². The van der Waals surface area contributed by atoms with Gasteiger partial charge in [0.2, 0.25) is 0 Å². The first kappa shape index (κ1) is 19.0. The van der Waals surface area contributed by atoms with Gasteiger partial charge in [0, 0.05) is 13.0 Å². The lowest BCUT2D eigenvalue weighted by Gasteiger charge is -2.19. The molecule has 0 heterocycles. The number of carboxylic acids is 1. The van der Waals surface area contributed by atoms with Gasteiger partial charge in [-0.2, -0.15) is 0 Å². The number of nitrogens with one attached hydrogen (secondary N) is 1. The van der Waals surface area contributed by atoms with Gasteiger partial charge in [-0.1, -0.05) is 6.42 Å². The summed E-state index contributed by atoms with van der Waals surface area (Å²) < 4.78 is 5.04. The Kier molecular flexibility index (Phi) is 11.5. The number of aliphatic carboxylic acids is 1. The van der Waals surface area contributed by atoms with Gasteiger partial charge in [-0.05, 0) is 40.7 Å². The van der Waals surface area contributed by atoms with Crippen LogP contribution in [0.3, 0.4) is 0 Å². The number of carboxylic acid groups (broad SMARTS) is 1. The third-order valence-electron chi connectivity index (χ3n) is 1.74. The minimum atomic E-state index is -0.778. The molecule has 4 N–H and O–H groups in total. The van der Waals surface area contributed by atoms with Gasteiger partial charge in [0.15, 0.2) is 0 Å². The lowest BCUT2D eigenvalue weighted by molar-refractivity contribution is -0.137. The normalized spacial score (nSPS) is 10.1. The molecule has 0 rings (SSSR count). The molecule has 0 aromatic heterocycles. The zero-order valence-electron chi connectivity index (χ0n) is 11.8. The summed E-state index contributed by atoms with van der Waals surface area (Å²) >= 11 is 0. The Labute approximate surface area is 109 Å². The zero-order chi connectivity index (χ0) is 14.6.